The quantitative estimate of drug-likeness (QED) is 0.326. The Morgan fingerprint density at radius 3 is 2.67 bits per heavy atom. The third-order valence-electron chi connectivity index (χ3n) is 2.38. The van der Waals surface area contributed by atoms with E-state index >= 15 is 0 Å². The van der Waals surface area contributed by atoms with E-state index in [9.17, 15) is 9.59 Å². The maximum Gasteiger partial charge on any atom is 0.304 e. The van der Waals surface area contributed by atoms with Crippen molar-refractivity contribution in [2.45, 2.75) is 45.1 Å². The normalized spacial score (nSPS) is 26.9. The summed E-state index contributed by atoms with van der Waals surface area (Å²) in [5.41, 5.74) is 8.41. The smallest absolute Gasteiger partial charge is 0.304 e. The number of nitrogens with zero attached hydrogens (tertiary/aromatic N) is 3. The molecule has 100 valence electrons. The van der Waals surface area contributed by atoms with E-state index in [0.29, 0.717) is 12.8 Å². The molecule has 0 bridgehead atoms. The van der Waals surface area contributed by atoms with Crippen LogP contribution >= 0.6 is 0 Å². The van der Waals surface area contributed by atoms with Gasteiger partial charge in [-0.15, -0.1) is 0 Å². The van der Waals surface area contributed by atoms with Crippen LogP contribution in [0.15, 0.2) is 5.11 Å². The maximum atomic E-state index is 10.9. The molecule has 3 atom stereocenters. The predicted molar refractivity (Wildman–Crippen MR) is 59.2 cm³/mol. The third-order valence-corrected chi connectivity index (χ3v) is 2.38. The van der Waals surface area contributed by atoms with E-state index in [4.69, 9.17) is 19.7 Å². The minimum absolute atomic E-state index is 0.0933. The molecule has 0 aromatic rings. The van der Waals surface area contributed by atoms with Gasteiger partial charge in [0.2, 0.25) is 6.29 Å². The molecule has 0 radical (unpaired) electrons. The first kappa shape index (κ1) is 14.3. The fourth-order valence-corrected chi connectivity index (χ4v) is 1.62. The molecule has 0 aromatic carbocycles. The van der Waals surface area contributed by atoms with Crippen molar-refractivity contribution in [3.63, 3.8) is 0 Å². The summed E-state index contributed by atoms with van der Waals surface area (Å²) in [4.78, 5) is 24.3. The van der Waals surface area contributed by atoms with Crippen LogP contribution in [0.25, 0.3) is 10.4 Å². The Balaban J connectivity index is 2.57. The van der Waals surface area contributed by atoms with Crippen molar-refractivity contribution in [1.29, 1.82) is 0 Å². The second kappa shape index (κ2) is 6.83. The molecule has 1 rings (SSSR count). The highest BCUT2D eigenvalue weighted by Gasteiger charge is 2.33. The van der Waals surface area contributed by atoms with E-state index < -0.39 is 24.3 Å². The van der Waals surface area contributed by atoms with Crippen LogP contribution in [-0.2, 0) is 23.8 Å². The average Bonchev–Trinajstić information content (AvgIpc) is 2.29. The van der Waals surface area contributed by atoms with Crippen LogP contribution in [0.2, 0.25) is 0 Å². The molecule has 0 spiro atoms. The number of hydrogen-bond acceptors (Lipinski definition) is 6. The topological polar surface area (TPSA) is 111 Å². The molecule has 0 unspecified atom stereocenters. The van der Waals surface area contributed by atoms with Crippen molar-refractivity contribution in [2.75, 3.05) is 6.61 Å². The molecule has 0 aromatic heterocycles. The maximum absolute atomic E-state index is 10.9. The Morgan fingerprint density at radius 1 is 1.39 bits per heavy atom. The molecule has 1 saturated heterocycles. The minimum atomic E-state index is -0.923. The lowest BCUT2D eigenvalue weighted by atomic mass is 10.0. The lowest BCUT2D eigenvalue weighted by Crippen LogP contribution is -2.42. The summed E-state index contributed by atoms with van der Waals surface area (Å²) in [5, 5.41) is 3.52. The molecule has 8 heteroatoms. The molecular weight excluding hydrogens is 242 g/mol. The first-order valence-corrected chi connectivity index (χ1v) is 5.53. The molecule has 0 N–H and O–H groups in total. The van der Waals surface area contributed by atoms with Gasteiger partial charge in [-0.25, -0.2) is 0 Å². The number of esters is 2. The second-order valence-electron chi connectivity index (χ2n) is 3.89. The summed E-state index contributed by atoms with van der Waals surface area (Å²) >= 11 is 0. The fourth-order valence-electron chi connectivity index (χ4n) is 1.62. The van der Waals surface area contributed by atoms with Crippen molar-refractivity contribution >= 4 is 11.9 Å². The van der Waals surface area contributed by atoms with E-state index in [1.54, 1.807) is 0 Å². The van der Waals surface area contributed by atoms with Gasteiger partial charge in [-0.3, -0.25) is 9.59 Å². The Bertz CT molecular complexity index is 367. The number of carbonyl (C=O) groups is 2. The average molecular weight is 257 g/mol. The molecule has 8 nitrogen and oxygen atoms in total. The zero-order chi connectivity index (χ0) is 13.5. The van der Waals surface area contributed by atoms with Gasteiger partial charge >= 0.3 is 11.9 Å². The van der Waals surface area contributed by atoms with Gasteiger partial charge in [0.1, 0.15) is 12.6 Å². The van der Waals surface area contributed by atoms with Crippen LogP contribution in [-0.4, -0.2) is 37.0 Å². The molecule has 1 aliphatic rings. The molecule has 1 heterocycles. The van der Waals surface area contributed by atoms with E-state index in [2.05, 4.69) is 10.0 Å². The van der Waals surface area contributed by atoms with Crippen LogP contribution < -0.4 is 0 Å². The highest BCUT2D eigenvalue weighted by Crippen LogP contribution is 2.23. The van der Waals surface area contributed by atoms with E-state index in [1.165, 1.54) is 13.8 Å². The van der Waals surface area contributed by atoms with E-state index in [1.807, 2.05) is 0 Å². The zero-order valence-corrected chi connectivity index (χ0v) is 10.2. The largest absolute Gasteiger partial charge is 0.463 e. The minimum Gasteiger partial charge on any atom is -0.463 e. The van der Waals surface area contributed by atoms with Gasteiger partial charge in [-0.05, 0) is 18.4 Å². The molecule has 0 aliphatic carbocycles. The highest BCUT2D eigenvalue weighted by molar-refractivity contribution is 5.66. The van der Waals surface area contributed by atoms with Crippen molar-refractivity contribution in [3.05, 3.63) is 10.4 Å². The Morgan fingerprint density at radius 2 is 2.11 bits per heavy atom. The number of hydrogen-bond donors (Lipinski definition) is 0. The molecule has 18 heavy (non-hydrogen) atoms. The Hall–Kier alpha value is -1.79. The van der Waals surface area contributed by atoms with Crippen LogP contribution in [0, 0.1) is 0 Å². The van der Waals surface area contributed by atoms with Gasteiger partial charge in [0.25, 0.3) is 0 Å². The first-order chi connectivity index (χ1) is 8.52. The lowest BCUT2D eigenvalue weighted by molar-refractivity contribution is -0.213. The molecule has 1 fully saturated rings. The SMILES string of the molecule is CC(=O)OC[C@@H]1CC[C@H](N=[N+]=[N-])[C@H](OC(C)=O)O1. The van der Waals surface area contributed by atoms with Crippen LogP contribution in [0.4, 0.5) is 0 Å². The van der Waals surface area contributed by atoms with E-state index in [-0.39, 0.29) is 12.7 Å². The second-order valence-corrected chi connectivity index (χ2v) is 3.89. The zero-order valence-electron chi connectivity index (χ0n) is 10.2. The van der Waals surface area contributed by atoms with Crippen LogP contribution in [0.5, 0.6) is 0 Å². The Kier molecular flexibility index (Phi) is 5.41. The van der Waals surface area contributed by atoms with Gasteiger partial charge < -0.3 is 14.2 Å². The van der Waals surface area contributed by atoms with Gasteiger partial charge in [-0.2, -0.15) is 0 Å². The van der Waals surface area contributed by atoms with Gasteiger partial charge in [0, 0.05) is 18.8 Å². The van der Waals surface area contributed by atoms with Crippen molar-refractivity contribution in [1.82, 2.24) is 0 Å². The molecular formula is C10H15N3O5. The van der Waals surface area contributed by atoms with Crippen molar-refractivity contribution < 1.29 is 23.8 Å². The standard InChI is InChI=1S/C10H15N3O5/c1-6(14)16-5-8-3-4-9(12-13-11)10(18-8)17-7(2)15/h8-10H,3-5H2,1-2H3/t8-,9-,10+/m0/s1. The summed E-state index contributed by atoms with van der Waals surface area (Å²) in [7, 11) is 0. The van der Waals surface area contributed by atoms with Gasteiger partial charge in [-0.1, -0.05) is 5.11 Å². The van der Waals surface area contributed by atoms with E-state index in [0.717, 1.165) is 0 Å². The molecule has 0 amide bonds. The predicted octanol–water partition coefficient (Wildman–Crippen LogP) is 1.30. The van der Waals surface area contributed by atoms with Crippen molar-refractivity contribution in [3.8, 4) is 0 Å². The highest BCUT2D eigenvalue weighted by atomic mass is 16.7. The summed E-state index contributed by atoms with van der Waals surface area (Å²) in [6.07, 6.45) is -0.209. The monoisotopic (exact) mass is 257 g/mol. The number of carbonyl (C=O) groups excluding carboxylic acids is 2. The molecule has 1 aliphatic heterocycles. The summed E-state index contributed by atoms with van der Waals surface area (Å²) in [6, 6.07) is -0.549. The summed E-state index contributed by atoms with van der Waals surface area (Å²) in [6.45, 7) is 2.64. The van der Waals surface area contributed by atoms with Crippen LogP contribution in [0.3, 0.4) is 0 Å². The fraction of sp³-hybridized carbons (Fsp3) is 0.800. The van der Waals surface area contributed by atoms with Crippen LogP contribution in [0.1, 0.15) is 26.7 Å². The number of rotatable bonds is 4. The van der Waals surface area contributed by atoms with Crippen molar-refractivity contribution in [2.24, 2.45) is 5.11 Å². The molecule has 0 saturated carbocycles. The number of ether oxygens (including phenoxy) is 3. The van der Waals surface area contributed by atoms with Gasteiger partial charge in [0.05, 0.1) is 6.10 Å². The summed E-state index contributed by atoms with van der Waals surface area (Å²) < 4.78 is 15.2. The Labute approximate surface area is 104 Å². The number of azide groups is 1. The van der Waals surface area contributed by atoms with Gasteiger partial charge in [0.15, 0.2) is 0 Å². The first-order valence-electron chi connectivity index (χ1n) is 5.53. The third kappa shape index (κ3) is 4.60. The lowest BCUT2D eigenvalue weighted by Gasteiger charge is -2.33. The summed E-state index contributed by atoms with van der Waals surface area (Å²) in [5.74, 6) is -0.925.